The van der Waals surface area contributed by atoms with Gasteiger partial charge in [0.1, 0.15) is 17.4 Å². The van der Waals surface area contributed by atoms with Crippen LogP contribution in [0.1, 0.15) is 18.1 Å². The van der Waals surface area contributed by atoms with E-state index in [-0.39, 0.29) is 12.5 Å². The van der Waals surface area contributed by atoms with Gasteiger partial charge >= 0.3 is 6.18 Å². The van der Waals surface area contributed by atoms with E-state index in [9.17, 15) is 23.1 Å². The van der Waals surface area contributed by atoms with Crippen molar-refractivity contribution in [1.82, 2.24) is 15.0 Å². The Labute approximate surface area is 181 Å². The molecule has 0 saturated heterocycles. The summed E-state index contributed by atoms with van der Waals surface area (Å²) in [5.41, 5.74) is 6.55. The van der Waals surface area contributed by atoms with Crippen molar-refractivity contribution in [3.63, 3.8) is 0 Å². The maximum absolute atomic E-state index is 13.3. The number of carbonyl (C=O) groups is 1. The molecular formula is C21H21F3N6O2. The van der Waals surface area contributed by atoms with Crippen molar-refractivity contribution in [2.24, 2.45) is 5.73 Å². The van der Waals surface area contributed by atoms with Crippen molar-refractivity contribution in [2.45, 2.75) is 31.8 Å². The van der Waals surface area contributed by atoms with E-state index in [1.807, 2.05) is 42.5 Å². The summed E-state index contributed by atoms with van der Waals surface area (Å²) in [5, 5.41) is 14.8. The molecule has 2 heterocycles. The molecule has 8 nitrogen and oxygen atoms in total. The van der Waals surface area contributed by atoms with Crippen LogP contribution in [0.3, 0.4) is 0 Å². The molecule has 0 aliphatic heterocycles. The fourth-order valence-electron chi connectivity index (χ4n) is 2.87. The minimum absolute atomic E-state index is 0.0943. The molecule has 2 aromatic heterocycles. The Balaban J connectivity index is 1.77. The van der Waals surface area contributed by atoms with Crippen LogP contribution in [0.5, 0.6) is 0 Å². The molecule has 1 aromatic carbocycles. The van der Waals surface area contributed by atoms with E-state index in [1.165, 1.54) is 6.92 Å². The lowest BCUT2D eigenvalue weighted by Crippen LogP contribution is -2.44. The molecule has 168 valence electrons. The van der Waals surface area contributed by atoms with E-state index in [2.05, 4.69) is 25.6 Å². The van der Waals surface area contributed by atoms with Crippen molar-refractivity contribution < 1.29 is 23.1 Å². The molecule has 2 atom stereocenters. The lowest BCUT2D eigenvalue weighted by molar-refractivity contribution is -0.137. The van der Waals surface area contributed by atoms with Crippen molar-refractivity contribution >= 4 is 17.7 Å². The molecule has 11 heteroatoms. The summed E-state index contributed by atoms with van der Waals surface area (Å²) in [6.07, 6.45) is -3.82. The lowest BCUT2D eigenvalue weighted by atomic mass is 10.1. The third-order valence-corrected chi connectivity index (χ3v) is 4.54. The van der Waals surface area contributed by atoms with Crippen LogP contribution >= 0.6 is 0 Å². The monoisotopic (exact) mass is 446 g/mol. The largest absolute Gasteiger partial charge is 0.421 e. The zero-order valence-electron chi connectivity index (χ0n) is 17.0. The first-order valence-electron chi connectivity index (χ1n) is 9.57. The van der Waals surface area contributed by atoms with Gasteiger partial charge in [-0.2, -0.15) is 18.2 Å². The summed E-state index contributed by atoms with van der Waals surface area (Å²) in [6.45, 7) is 1.47. The van der Waals surface area contributed by atoms with Crippen LogP contribution in [0.4, 0.5) is 24.9 Å². The predicted molar refractivity (Wildman–Crippen MR) is 112 cm³/mol. The van der Waals surface area contributed by atoms with E-state index in [0.717, 1.165) is 16.8 Å². The van der Waals surface area contributed by atoms with E-state index < -0.39 is 35.6 Å². The third-order valence-electron chi connectivity index (χ3n) is 4.54. The highest BCUT2D eigenvalue weighted by Gasteiger charge is 2.36. The molecule has 0 bridgehead atoms. The molecule has 0 aliphatic carbocycles. The number of carbonyl (C=O) groups excluding carboxylic acids is 1. The van der Waals surface area contributed by atoms with Gasteiger partial charge in [0, 0.05) is 24.5 Å². The number of aliphatic hydroxyl groups excluding tert-OH is 1. The third kappa shape index (κ3) is 5.70. The number of nitrogens with two attached hydrogens (primary N) is 1. The zero-order valence-corrected chi connectivity index (χ0v) is 17.0. The minimum atomic E-state index is -4.77. The molecule has 0 spiro atoms. The maximum Gasteiger partial charge on any atom is 0.421 e. The molecule has 32 heavy (non-hydrogen) atoms. The van der Waals surface area contributed by atoms with Crippen molar-refractivity contribution in [3.05, 3.63) is 66.0 Å². The lowest BCUT2D eigenvalue weighted by Gasteiger charge is -2.21. The Kier molecular flexibility index (Phi) is 6.89. The Hall–Kier alpha value is -3.73. The Morgan fingerprint density at radius 2 is 1.88 bits per heavy atom. The molecule has 0 saturated carbocycles. The standard InChI is InChI=1S/C21H21F3N6O2/c1-12(31)17(18(25)32)29-19-15(21(22,23)24)11-28-20(30-19)27-10-13-5-7-14(8-6-13)16-4-2-3-9-26-16/h2-9,11-12,17,31H,10H2,1H3,(H2,25,32)(H2,27,28,29,30)/t12-,17+/m0/s1. The first-order valence-corrected chi connectivity index (χ1v) is 9.57. The van der Waals surface area contributed by atoms with Gasteiger partial charge < -0.3 is 21.5 Å². The topological polar surface area (TPSA) is 126 Å². The molecular weight excluding hydrogens is 425 g/mol. The Morgan fingerprint density at radius 1 is 1.16 bits per heavy atom. The van der Waals surface area contributed by atoms with Crippen LogP contribution in [0.2, 0.25) is 0 Å². The van der Waals surface area contributed by atoms with E-state index in [4.69, 9.17) is 5.73 Å². The highest BCUT2D eigenvalue weighted by Crippen LogP contribution is 2.34. The molecule has 0 radical (unpaired) electrons. The van der Waals surface area contributed by atoms with Crippen LogP contribution in [0.15, 0.2) is 54.9 Å². The average molecular weight is 446 g/mol. The van der Waals surface area contributed by atoms with Gasteiger partial charge in [0.2, 0.25) is 11.9 Å². The van der Waals surface area contributed by atoms with Gasteiger partial charge in [-0.25, -0.2) is 4.98 Å². The Bertz CT molecular complexity index is 1060. The number of primary amides is 1. The van der Waals surface area contributed by atoms with Crippen molar-refractivity contribution in [2.75, 3.05) is 10.6 Å². The quantitative estimate of drug-likeness (QED) is 0.419. The number of nitrogens with zero attached hydrogens (tertiary/aromatic N) is 3. The number of amides is 1. The van der Waals surface area contributed by atoms with Gasteiger partial charge in [-0.1, -0.05) is 30.3 Å². The number of hydrogen-bond donors (Lipinski definition) is 4. The van der Waals surface area contributed by atoms with Crippen LogP contribution in [0, 0.1) is 0 Å². The average Bonchev–Trinajstić information content (AvgIpc) is 2.76. The van der Waals surface area contributed by atoms with E-state index in [1.54, 1.807) is 6.20 Å². The fraction of sp³-hybridized carbons (Fsp3) is 0.238. The van der Waals surface area contributed by atoms with Gasteiger partial charge in [0.25, 0.3) is 0 Å². The molecule has 1 amide bonds. The summed E-state index contributed by atoms with van der Waals surface area (Å²) < 4.78 is 40.0. The number of anilines is 2. The van der Waals surface area contributed by atoms with E-state index in [0.29, 0.717) is 6.20 Å². The first kappa shape index (κ1) is 22.9. The number of alkyl halides is 3. The number of pyridine rings is 1. The summed E-state index contributed by atoms with van der Waals surface area (Å²) in [5.74, 6) is -1.78. The normalized spacial score (nSPS) is 13.3. The number of halogens is 3. The summed E-state index contributed by atoms with van der Waals surface area (Å²) in [6, 6.07) is 11.6. The van der Waals surface area contributed by atoms with Gasteiger partial charge in [-0.3, -0.25) is 9.78 Å². The summed E-state index contributed by atoms with van der Waals surface area (Å²) in [4.78, 5) is 23.3. The number of aliphatic hydroxyl groups is 1. The first-order chi connectivity index (χ1) is 15.1. The second kappa shape index (κ2) is 9.60. The highest BCUT2D eigenvalue weighted by molar-refractivity contribution is 5.83. The number of aromatic nitrogens is 3. The SMILES string of the molecule is C[C@H](O)[C@@H](Nc1nc(NCc2ccc(-c3ccccn3)cc2)ncc1C(F)(F)F)C(N)=O. The van der Waals surface area contributed by atoms with Crippen LogP contribution in [0.25, 0.3) is 11.3 Å². The second-order valence-electron chi connectivity index (χ2n) is 6.98. The van der Waals surface area contributed by atoms with Crippen LogP contribution in [-0.4, -0.2) is 38.1 Å². The molecule has 0 unspecified atom stereocenters. The zero-order chi connectivity index (χ0) is 23.3. The molecule has 3 aromatic rings. The van der Waals surface area contributed by atoms with Gasteiger partial charge in [-0.15, -0.1) is 0 Å². The fourth-order valence-corrected chi connectivity index (χ4v) is 2.87. The smallest absolute Gasteiger partial charge is 0.391 e. The summed E-state index contributed by atoms with van der Waals surface area (Å²) in [7, 11) is 0. The van der Waals surface area contributed by atoms with Gasteiger partial charge in [0.05, 0.1) is 11.8 Å². The van der Waals surface area contributed by atoms with Crippen molar-refractivity contribution in [3.8, 4) is 11.3 Å². The molecule has 3 rings (SSSR count). The van der Waals surface area contributed by atoms with Gasteiger partial charge in [0.15, 0.2) is 0 Å². The minimum Gasteiger partial charge on any atom is -0.391 e. The predicted octanol–water partition coefficient (Wildman–Crippen LogP) is 2.82. The van der Waals surface area contributed by atoms with Gasteiger partial charge in [-0.05, 0) is 24.6 Å². The van der Waals surface area contributed by atoms with Crippen molar-refractivity contribution in [1.29, 1.82) is 0 Å². The second-order valence-corrected chi connectivity index (χ2v) is 6.98. The maximum atomic E-state index is 13.3. The number of hydrogen-bond acceptors (Lipinski definition) is 7. The molecule has 0 aliphatic rings. The van der Waals surface area contributed by atoms with Crippen LogP contribution < -0.4 is 16.4 Å². The highest BCUT2D eigenvalue weighted by atomic mass is 19.4. The summed E-state index contributed by atoms with van der Waals surface area (Å²) >= 11 is 0. The van der Waals surface area contributed by atoms with E-state index >= 15 is 0 Å². The molecule has 0 fully saturated rings. The Morgan fingerprint density at radius 3 is 2.44 bits per heavy atom. The number of nitrogens with one attached hydrogen (secondary N) is 2. The van der Waals surface area contributed by atoms with Crippen LogP contribution in [-0.2, 0) is 17.5 Å². The molecule has 5 N–H and O–H groups in total. The number of benzene rings is 1. The number of rotatable bonds is 8.